The number of nitrogens with one attached hydrogen (secondary N) is 1. The highest BCUT2D eigenvalue weighted by Crippen LogP contribution is 2.09. The topological polar surface area (TPSA) is 54.2 Å². The average Bonchev–Trinajstić information content (AvgIpc) is 2.78. The van der Waals surface area contributed by atoms with Gasteiger partial charge >= 0.3 is 0 Å². The summed E-state index contributed by atoms with van der Waals surface area (Å²) in [5.41, 5.74) is 0. The summed E-state index contributed by atoms with van der Waals surface area (Å²) in [5, 5.41) is 7.52. The summed E-state index contributed by atoms with van der Waals surface area (Å²) in [6, 6.07) is 0.617. The molecule has 1 aliphatic heterocycles. The molecule has 1 fully saturated rings. The lowest BCUT2D eigenvalue weighted by Gasteiger charge is -2.27. The van der Waals surface area contributed by atoms with Gasteiger partial charge in [0.15, 0.2) is 5.82 Å². The fraction of sp³-hybridized carbons (Fsp3) is 0.833. The minimum atomic E-state index is 0.617. The van der Waals surface area contributed by atoms with Crippen molar-refractivity contribution in [2.24, 2.45) is 0 Å². The molecule has 0 aliphatic carbocycles. The number of aryl methyl sites for hydroxylation is 1. The van der Waals surface area contributed by atoms with Crippen LogP contribution in [-0.4, -0.2) is 41.2 Å². The molecule has 0 aromatic carbocycles. The van der Waals surface area contributed by atoms with Crippen LogP contribution in [0.4, 0.5) is 0 Å². The summed E-state index contributed by atoms with van der Waals surface area (Å²) in [6.45, 7) is 4.99. The molecule has 0 spiro atoms. The molecule has 1 aromatic rings. The van der Waals surface area contributed by atoms with Gasteiger partial charge in [0.1, 0.15) is 0 Å². The van der Waals surface area contributed by atoms with Crippen molar-refractivity contribution in [1.29, 1.82) is 0 Å². The van der Waals surface area contributed by atoms with E-state index >= 15 is 0 Å². The Morgan fingerprint density at radius 3 is 3.00 bits per heavy atom. The van der Waals surface area contributed by atoms with Gasteiger partial charge in [-0.25, -0.2) is 0 Å². The smallest absolute Gasteiger partial charge is 0.226 e. The Morgan fingerprint density at radius 2 is 2.35 bits per heavy atom. The third kappa shape index (κ3) is 3.78. The van der Waals surface area contributed by atoms with E-state index < -0.39 is 0 Å². The first-order valence-corrected chi connectivity index (χ1v) is 6.51. The molecule has 96 valence electrons. The third-order valence-corrected chi connectivity index (χ3v) is 3.17. The second-order valence-electron chi connectivity index (χ2n) is 4.80. The van der Waals surface area contributed by atoms with Gasteiger partial charge in [0.2, 0.25) is 5.89 Å². The second kappa shape index (κ2) is 6.12. The number of piperidine rings is 1. The number of likely N-dealkylation sites (N-methyl/N-ethyl adjacent to an activating group) is 1. The zero-order valence-electron chi connectivity index (χ0n) is 10.8. The van der Waals surface area contributed by atoms with Gasteiger partial charge < -0.3 is 9.84 Å². The predicted molar refractivity (Wildman–Crippen MR) is 65.7 cm³/mol. The van der Waals surface area contributed by atoms with Crippen molar-refractivity contribution >= 4 is 0 Å². The molecule has 5 nitrogen and oxygen atoms in total. The van der Waals surface area contributed by atoms with Gasteiger partial charge in [0.25, 0.3) is 0 Å². The molecule has 0 saturated carbocycles. The molecule has 17 heavy (non-hydrogen) atoms. The minimum absolute atomic E-state index is 0.617. The lowest BCUT2D eigenvalue weighted by Crippen LogP contribution is -2.42. The summed E-state index contributed by atoms with van der Waals surface area (Å²) in [7, 11) is 2.11. The van der Waals surface area contributed by atoms with Crippen LogP contribution in [0.3, 0.4) is 0 Å². The van der Waals surface area contributed by atoms with Crippen LogP contribution in [0.5, 0.6) is 0 Å². The Labute approximate surface area is 103 Å². The summed E-state index contributed by atoms with van der Waals surface area (Å²) in [5.74, 6) is 1.52. The van der Waals surface area contributed by atoms with Gasteiger partial charge in [0, 0.05) is 19.0 Å². The van der Waals surface area contributed by atoms with E-state index in [0.717, 1.165) is 37.8 Å². The van der Waals surface area contributed by atoms with Crippen molar-refractivity contribution in [2.45, 2.75) is 45.2 Å². The van der Waals surface area contributed by atoms with E-state index in [1.165, 1.54) is 19.3 Å². The van der Waals surface area contributed by atoms with Crippen LogP contribution in [0.1, 0.15) is 37.9 Å². The molecule has 1 saturated heterocycles. The first-order chi connectivity index (χ1) is 8.28. The molecule has 1 unspecified atom stereocenters. The first-order valence-electron chi connectivity index (χ1n) is 6.51. The van der Waals surface area contributed by atoms with Crippen molar-refractivity contribution in [2.75, 3.05) is 20.1 Å². The predicted octanol–water partition coefficient (Wildman–Crippen LogP) is 1.21. The molecule has 2 heterocycles. The number of hydrogen-bond acceptors (Lipinski definition) is 5. The largest absolute Gasteiger partial charge is 0.339 e. The van der Waals surface area contributed by atoms with Crippen LogP contribution < -0.4 is 5.32 Å². The summed E-state index contributed by atoms with van der Waals surface area (Å²) in [6.07, 6.45) is 4.73. The maximum Gasteiger partial charge on any atom is 0.226 e. The van der Waals surface area contributed by atoms with Crippen LogP contribution in [0, 0.1) is 0 Å². The summed E-state index contributed by atoms with van der Waals surface area (Å²) >= 11 is 0. The molecule has 0 bridgehead atoms. The van der Waals surface area contributed by atoms with Gasteiger partial charge in [-0.1, -0.05) is 18.5 Å². The minimum Gasteiger partial charge on any atom is -0.339 e. The van der Waals surface area contributed by atoms with E-state index in [9.17, 15) is 0 Å². The average molecular weight is 238 g/mol. The van der Waals surface area contributed by atoms with Crippen LogP contribution in [0.25, 0.3) is 0 Å². The fourth-order valence-corrected chi connectivity index (χ4v) is 2.26. The Balaban J connectivity index is 1.77. The van der Waals surface area contributed by atoms with Gasteiger partial charge in [-0.15, -0.1) is 0 Å². The van der Waals surface area contributed by atoms with Crippen LogP contribution in [-0.2, 0) is 13.0 Å². The van der Waals surface area contributed by atoms with Crippen molar-refractivity contribution in [3.05, 3.63) is 11.7 Å². The van der Waals surface area contributed by atoms with E-state index in [1.54, 1.807) is 0 Å². The highest BCUT2D eigenvalue weighted by molar-refractivity contribution is 4.86. The molecular weight excluding hydrogens is 216 g/mol. The van der Waals surface area contributed by atoms with E-state index in [1.807, 2.05) is 6.92 Å². The Hall–Kier alpha value is -0.940. The number of rotatable bonds is 5. The monoisotopic (exact) mass is 238 g/mol. The standard InChI is InChI=1S/C12H22N4O/c1-3-12-14-11(15-17-12)9-16(2)8-10-6-4-5-7-13-10/h10,13H,3-9H2,1-2H3. The molecular formula is C12H22N4O. The molecule has 1 aliphatic rings. The van der Waals surface area contributed by atoms with Crippen molar-refractivity contribution < 1.29 is 4.52 Å². The Bertz CT molecular complexity index is 333. The third-order valence-electron chi connectivity index (χ3n) is 3.17. The van der Waals surface area contributed by atoms with Crippen molar-refractivity contribution in [1.82, 2.24) is 20.4 Å². The fourth-order valence-electron chi connectivity index (χ4n) is 2.26. The zero-order chi connectivity index (χ0) is 12.1. The SMILES string of the molecule is CCc1nc(CN(C)CC2CCCCN2)no1. The van der Waals surface area contributed by atoms with E-state index in [4.69, 9.17) is 4.52 Å². The Kier molecular flexibility index (Phi) is 4.50. The lowest BCUT2D eigenvalue weighted by molar-refractivity contribution is 0.248. The van der Waals surface area contributed by atoms with Crippen LogP contribution in [0.2, 0.25) is 0 Å². The molecule has 1 N–H and O–H groups in total. The quantitative estimate of drug-likeness (QED) is 0.835. The summed E-state index contributed by atoms with van der Waals surface area (Å²) < 4.78 is 5.10. The number of aromatic nitrogens is 2. The second-order valence-corrected chi connectivity index (χ2v) is 4.80. The molecule has 1 aromatic heterocycles. The maximum atomic E-state index is 5.10. The summed E-state index contributed by atoms with van der Waals surface area (Å²) in [4.78, 5) is 6.58. The molecule has 0 amide bonds. The van der Waals surface area contributed by atoms with Crippen molar-refractivity contribution in [3.63, 3.8) is 0 Å². The maximum absolute atomic E-state index is 5.10. The molecule has 5 heteroatoms. The molecule has 1 atom stereocenters. The first kappa shape index (κ1) is 12.5. The molecule has 2 rings (SSSR count). The lowest BCUT2D eigenvalue weighted by atomic mass is 10.0. The van der Waals surface area contributed by atoms with Gasteiger partial charge in [-0.05, 0) is 26.4 Å². The van der Waals surface area contributed by atoms with Crippen LogP contribution in [0.15, 0.2) is 4.52 Å². The van der Waals surface area contributed by atoms with E-state index in [2.05, 4.69) is 27.4 Å². The highest BCUT2D eigenvalue weighted by atomic mass is 16.5. The highest BCUT2D eigenvalue weighted by Gasteiger charge is 2.15. The Morgan fingerprint density at radius 1 is 1.47 bits per heavy atom. The van der Waals surface area contributed by atoms with Gasteiger partial charge in [-0.2, -0.15) is 4.98 Å². The number of nitrogens with zero attached hydrogens (tertiary/aromatic N) is 3. The van der Waals surface area contributed by atoms with E-state index in [-0.39, 0.29) is 0 Å². The van der Waals surface area contributed by atoms with Crippen molar-refractivity contribution in [3.8, 4) is 0 Å². The zero-order valence-corrected chi connectivity index (χ0v) is 10.8. The molecule has 0 radical (unpaired) electrons. The van der Waals surface area contributed by atoms with Gasteiger partial charge in [0.05, 0.1) is 6.54 Å². The van der Waals surface area contributed by atoms with Crippen LogP contribution >= 0.6 is 0 Å². The van der Waals surface area contributed by atoms with Gasteiger partial charge in [-0.3, -0.25) is 4.90 Å². The van der Waals surface area contributed by atoms with E-state index in [0.29, 0.717) is 6.04 Å². The normalized spacial score (nSPS) is 21.0. The number of hydrogen-bond donors (Lipinski definition) is 1.